The van der Waals surface area contributed by atoms with Crippen LogP contribution in [0.4, 0.5) is 0 Å². The predicted molar refractivity (Wildman–Crippen MR) is 207 cm³/mol. The Morgan fingerprint density at radius 2 is 1.52 bits per heavy atom. The normalized spacial score (nSPS) is 21.0. The summed E-state index contributed by atoms with van der Waals surface area (Å²) in [5.74, 6) is 4.80. The van der Waals surface area contributed by atoms with Crippen LogP contribution in [0.5, 0.6) is 46.0 Å². The van der Waals surface area contributed by atoms with Gasteiger partial charge in [-0.25, -0.2) is 4.79 Å². The molecule has 0 saturated heterocycles. The molecule has 0 aromatic heterocycles. The number of methoxy groups -OCH3 is 4. The number of quaternary nitrogens is 1. The van der Waals surface area contributed by atoms with Crippen molar-refractivity contribution in [1.82, 2.24) is 4.90 Å². The second-order valence-electron chi connectivity index (χ2n) is 14.7. The molecule has 54 heavy (non-hydrogen) atoms. The summed E-state index contributed by atoms with van der Waals surface area (Å²) >= 11 is 0. The zero-order valence-electron chi connectivity index (χ0n) is 32.8. The van der Waals surface area contributed by atoms with E-state index in [1.165, 1.54) is 5.56 Å². The third-order valence-corrected chi connectivity index (χ3v) is 11.8. The van der Waals surface area contributed by atoms with Crippen LogP contribution in [0.3, 0.4) is 0 Å². The number of carbonyl (C=O) groups excluding carboxylic acids is 1. The molecule has 286 valence electrons. The van der Waals surface area contributed by atoms with Gasteiger partial charge in [-0.2, -0.15) is 0 Å². The average Bonchev–Trinajstić information content (AvgIpc) is 3.17. The maximum Gasteiger partial charge on any atom is 0.364 e. The number of carbonyl (C=O) groups is 1. The number of benzene rings is 4. The van der Waals surface area contributed by atoms with Gasteiger partial charge in [-0.15, -0.1) is 0 Å². The van der Waals surface area contributed by atoms with Crippen LogP contribution >= 0.6 is 0 Å². The SMILES string of the molecule is CCOC(=O)C(CC)[N+]1(C)CCc2cc(OC)c3cc2[C@@H]1Cc1ccc(cc1)Oc1cc(ccc1OC)C[C@H]1c2c(cc(OC)c(OC)c2O3)CCN1C. The molecule has 10 nitrogen and oxygen atoms in total. The largest absolute Gasteiger partial charge is 0.493 e. The van der Waals surface area contributed by atoms with Crippen LogP contribution in [-0.2, 0) is 35.2 Å². The molecule has 0 amide bonds. The first-order valence-electron chi connectivity index (χ1n) is 19.0. The first-order valence-corrected chi connectivity index (χ1v) is 19.0. The highest BCUT2D eigenvalue weighted by Gasteiger charge is 2.48. The molecule has 0 spiro atoms. The average molecular weight is 738 g/mol. The van der Waals surface area contributed by atoms with E-state index < -0.39 is 0 Å². The molecule has 4 aromatic rings. The topological polar surface area (TPSA) is 84.9 Å². The predicted octanol–water partition coefficient (Wildman–Crippen LogP) is 8.02. The van der Waals surface area contributed by atoms with Crippen LogP contribution in [0.2, 0.25) is 0 Å². The Bertz CT molecular complexity index is 2010. The highest BCUT2D eigenvalue weighted by molar-refractivity contribution is 5.74. The van der Waals surface area contributed by atoms with Gasteiger partial charge in [0.1, 0.15) is 11.8 Å². The van der Waals surface area contributed by atoms with E-state index >= 15 is 0 Å². The first-order chi connectivity index (χ1) is 26.2. The van der Waals surface area contributed by atoms with Gasteiger partial charge in [-0.05, 0) is 91.5 Å². The van der Waals surface area contributed by atoms with E-state index in [1.807, 2.05) is 25.1 Å². The van der Waals surface area contributed by atoms with Gasteiger partial charge in [-0.1, -0.05) is 25.1 Å². The minimum Gasteiger partial charge on any atom is -0.493 e. The van der Waals surface area contributed by atoms with Gasteiger partial charge in [0.25, 0.3) is 0 Å². The maximum atomic E-state index is 13.7. The summed E-state index contributed by atoms with van der Waals surface area (Å²) in [6.07, 6.45) is 3.59. The Balaban J connectivity index is 1.48. The number of hydrogen-bond acceptors (Lipinski definition) is 9. The first kappa shape index (κ1) is 37.4. The van der Waals surface area contributed by atoms with Crippen molar-refractivity contribution in [2.75, 3.05) is 62.2 Å². The number of ether oxygens (including phenoxy) is 7. The summed E-state index contributed by atoms with van der Waals surface area (Å²) in [5, 5.41) is 0. The van der Waals surface area contributed by atoms with Crippen LogP contribution in [0.15, 0.2) is 60.7 Å². The van der Waals surface area contributed by atoms with E-state index in [2.05, 4.69) is 68.4 Å². The Morgan fingerprint density at radius 1 is 0.815 bits per heavy atom. The van der Waals surface area contributed by atoms with E-state index in [4.69, 9.17) is 33.2 Å². The second-order valence-corrected chi connectivity index (χ2v) is 14.7. The number of hydrogen-bond donors (Lipinski definition) is 0. The molecule has 0 saturated carbocycles. The monoisotopic (exact) mass is 737 g/mol. The molecule has 0 fully saturated rings. The maximum absolute atomic E-state index is 13.7. The lowest BCUT2D eigenvalue weighted by Gasteiger charge is -2.49. The van der Waals surface area contributed by atoms with Gasteiger partial charge in [0.15, 0.2) is 40.5 Å². The zero-order valence-corrected chi connectivity index (χ0v) is 32.8. The molecule has 4 aromatic carbocycles. The fraction of sp³-hybridized carbons (Fsp3) is 0.432. The number of fused-ring (bicyclic) bond motifs is 2. The van der Waals surface area contributed by atoms with Crippen molar-refractivity contribution in [1.29, 1.82) is 0 Å². The summed E-state index contributed by atoms with van der Waals surface area (Å²) in [7, 11) is 11.0. The molecule has 4 heterocycles. The highest BCUT2D eigenvalue weighted by atomic mass is 16.5. The standard InChI is InChI=1S/C44H53N2O8/c1-9-34(44(47)52-10-2)46(4)20-18-29-24-37(49-6)39-26-32(29)35(46)22-27-11-14-31(15-12-27)53-38-23-28(13-16-36(38)48-5)21-33-41-30(17-19-45(33)3)25-40(50-7)42(51-8)43(41)54-39/h11-16,23-26,33-35H,9-10,17-22H2,1-8H3/q+1/t33-,34?,35-,46?/m0/s1. The minimum atomic E-state index is -0.350. The van der Waals surface area contributed by atoms with Crippen LogP contribution in [0.25, 0.3) is 0 Å². The number of nitrogens with zero attached hydrogens (tertiary/aromatic N) is 2. The third-order valence-electron chi connectivity index (χ3n) is 11.8. The molecular formula is C44H53N2O8+. The number of likely N-dealkylation sites (N-methyl/N-ethyl adjacent to an activating group) is 2. The van der Waals surface area contributed by atoms with Gasteiger partial charge in [-0.3, -0.25) is 4.90 Å². The molecule has 8 rings (SSSR count). The molecule has 0 N–H and O–H groups in total. The van der Waals surface area contributed by atoms with Crippen molar-refractivity contribution in [3.05, 3.63) is 94.0 Å². The highest BCUT2D eigenvalue weighted by Crippen LogP contribution is 2.52. The fourth-order valence-corrected chi connectivity index (χ4v) is 8.91. The van der Waals surface area contributed by atoms with E-state index in [0.29, 0.717) is 76.3 Å². The fourth-order valence-electron chi connectivity index (χ4n) is 8.91. The Hall–Kier alpha value is -4.93. The summed E-state index contributed by atoms with van der Waals surface area (Å²) in [5.41, 5.74) is 6.69. The van der Waals surface area contributed by atoms with Crippen molar-refractivity contribution >= 4 is 5.97 Å². The summed E-state index contributed by atoms with van der Waals surface area (Å²) in [6.45, 7) is 5.90. The van der Waals surface area contributed by atoms with Gasteiger partial charge in [0.05, 0.1) is 48.6 Å². The molecule has 4 aliphatic heterocycles. The quantitative estimate of drug-likeness (QED) is 0.132. The summed E-state index contributed by atoms with van der Waals surface area (Å²) in [4.78, 5) is 16.0. The lowest BCUT2D eigenvalue weighted by Crippen LogP contribution is -2.61. The number of esters is 1. The molecule has 4 aliphatic rings. The van der Waals surface area contributed by atoms with Crippen LogP contribution < -0.4 is 28.4 Å². The van der Waals surface area contributed by atoms with Crippen molar-refractivity contribution in [2.24, 2.45) is 0 Å². The Morgan fingerprint density at radius 3 is 2.20 bits per heavy atom. The van der Waals surface area contributed by atoms with E-state index in [9.17, 15) is 4.79 Å². The molecule has 6 bridgehead atoms. The smallest absolute Gasteiger partial charge is 0.364 e. The third kappa shape index (κ3) is 6.70. The van der Waals surface area contributed by atoms with Crippen LogP contribution in [0, 0.1) is 0 Å². The van der Waals surface area contributed by atoms with Crippen LogP contribution in [0.1, 0.15) is 65.7 Å². The lowest BCUT2D eigenvalue weighted by molar-refractivity contribution is -0.956. The molecule has 10 heteroatoms. The molecule has 0 radical (unpaired) electrons. The second kappa shape index (κ2) is 15.4. The van der Waals surface area contributed by atoms with Crippen LogP contribution in [-0.4, -0.2) is 83.6 Å². The van der Waals surface area contributed by atoms with Crippen molar-refractivity contribution in [3.63, 3.8) is 0 Å². The van der Waals surface area contributed by atoms with E-state index in [-0.39, 0.29) is 24.1 Å². The Labute approximate surface area is 319 Å². The molecule has 2 unspecified atom stereocenters. The minimum absolute atomic E-state index is 0.0609. The zero-order chi connectivity index (χ0) is 38.1. The van der Waals surface area contributed by atoms with Crippen molar-refractivity contribution in [3.8, 4) is 46.0 Å². The van der Waals surface area contributed by atoms with E-state index in [1.54, 1.807) is 28.4 Å². The lowest BCUT2D eigenvalue weighted by atomic mass is 9.84. The van der Waals surface area contributed by atoms with Gasteiger partial charge < -0.3 is 37.6 Å². The number of rotatable bonds is 8. The molecule has 4 atom stereocenters. The summed E-state index contributed by atoms with van der Waals surface area (Å²) in [6, 6.07) is 20.2. The van der Waals surface area contributed by atoms with Crippen molar-refractivity contribution < 1.29 is 42.4 Å². The summed E-state index contributed by atoms with van der Waals surface area (Å²) < 4.78 is 43.8. The van der Waals surface area contributed by atoms with Gasteiger partial charge in [0, 0.05) is 43.0 Å². The van der Waals surface area contributed by atoms with E-state index in [0.717, 1.165) is 53.7 Å². The molecule has 0 aliphatic carbocycles. The Kier molecular flexibility index (Phi) is 10.7. The van der Waals surface area contributed by atoms with Crippen molar-refractivity contribution in [2.45, 2.75) is 64.1 Å². The van der Waals surface area contributed by atoms with Gasteiger partial charge in [0.2, 0.25) is 5.75 Å². The molecular weight excluding hydrogens is 684 g/mol. The van der Waals surface area contributed by atoms with Gasteiger partial charge >= 0.3 is 5.97 Å².